The van der Waals surface area contributed by atoms with E-state index >= 15 is 0 Å². The topological polar surface area (TPSA) is 52.1 Å². The summed E-state index contributed by atoms with van der Waals surface area (Å²) in [7, 11) is 1.39. The highest BCUT2D eigenvalue weighted by molar-refractivity contribution is 5.94. The van der Waals surface area contributed by atoms with Crippen LogP contribution in [-0.4, -0.2) is 22.9 Å². The molecule has 0 radical (unpaired) electrons. The third-order valence-electron chi connectivity index (χ3n) is 2.61. The number of halogens is 1. The summed E-state index contributed by atoms with van der Waals surface area (Å²) < 4.78 is 18.3. The van der Waals surface area contributed by atoms with Crippen molar-refractivity contribution in [1.82, 2.24) is 9.97 Å². The zero-order valence-corrected chi connectivity index (χ0v) is 10.7. The molecule has 0 unspecified atom stereocenters. The number of hydrogen-bond acceptors (Lipinski definition) is 4. The van der Waals surface area contributed by atoms with Crippen LogP contribution in [0.3, 0.4) is 0 Å². The average Bonchev–Trinajstić information content (AvgIpc) is 2.39. The Balaban J connectivity index is 2.14. The molecule has 0 fully saturated rings. The molecule has 0 spiro atoms. The first-order valence-corrected chi connectivity index (χ1v) is 5.74. The fourth-order valence-electron chi connectivity index (χ4n) is 1.62. The van der Waals surface area contributed by atoms with Gasteiger partial charge in [-0.3, -0.25) is 4.79 Å². The van der Waals surface area contributed by atoms with Gasteiger partial charge in [0.15, 0.2) is 17.4 Å². The zero-order valence-electron chi connectivity index (χ0n) is 10.7. The van der Waals surface area contributed by atoms with Gasteiger partial charge >= 0.3 is 0 Å². The molecule has 5 heteroatoms. The fourth-order valence-corrected chi connectivity index (χ4v) is 1.62. The standard InChI is InChI=1S/C14H13FN2O2/c1-9-7-16-14(17-8-9)12(18)6-10-3-4-13(19-2)11(15)5-10/h3-5,7-8H,6H2,1-2H3. The monoisotopic (exact) mass is 260 g/mol. The number of aryl methyl sites for hydroxylation is 1. The number of carbonyl (C=O) groups is 1. The highest BCUT2D eigenvalue weighted by atomic mass is 19.1. The van der Waals surface area contributed by atoms with Crippen molar-refractivity contribution in [3.63, 3.8) is 0 Å². The molecule has 0 aliphatic rings. The van der Waals surface area contributed by atoms with Gasteiger partial charge in [-0.25, -0.2) is 14.4 Å². The van der Waals surface area contributed by atoms with Gasteiger partial charge in [-0.05, 0) is 30.2 Å². The molecule has 2 rings (SSSR count). The Labute approximate surface area is 110 Å². The molecule has 0 N–H and O–H groups in total. The Morgan fingerprint density at radius 3 is 2.58 bits per heavy atom. The van der Waals surface area contributed by atoms with Gasteiger partial charge in [-0.15, -0.1) is 0 Å². The third-order valence-corrected chi connectivity index (χ3v) is 2.61. The summed E-state index contributed by atoms with van der Waals surface area (Å²) in [5.41, 5.74) is 1.44. The van der Waals surface area contributed by atoms with Gasteiger partial charge in [0.1, 0.15) is 0 Å². The van der Waals surface area contributed by atoms with Crippen molar-refractivity contribution >= 4 is 5.78 Å². The van der Waals surface area contributed by atoms with Crippen molar-refractivity contribution in [3.05, 3.63) is 53.4 Å². The first-order valence-electron chi connectivity index (χ1n) is 5.74. The summed E-state index contributed by atoms with van der Waals surface area (Å²) in [5.74, 6) is -0.438. The van der Waals surface area contributed by atoms with E-state index in [1.807, 2.05) is 6.92 Å². The van der Waals surface area contributed by atoms with Gasteiger partial charge in [0.2, 0.25) is 5.78 Å². The summed E-state index contributed by atoms with van der Waals surface area (Å²) in [5, 5.41) is 0. The molecule has 1 heterocycles. The Morgan fingerprint density at radius 2 is 2.00 bits per heavy atom. The number of ether oxygens (including phenoxy) is 1. The number of Topliss-reactive ketones (excluding diaryl/α,β-unsaturated/α-hetero) is 1. The maximum Gasteiger partial charge on any atom is 0.204 e. The second-order valence-corrected chi connectivity index (χ2v) is 4.15. The number of aromatic nitrogens is 2. The molecular weight excluding hydrogens is 247 g/mol. The van der Waals surface area contributed by atoms with Crippen molar-refractivity contribution in [3.8, 4) is 5.75 Å². The number of rotatable bonds is 4. The quantitative estimate of drug-likeness (QED) is 0.792. The van der Waals surface area contributed by atoms with E-state index < -0.39 is 5.82 Å². The molecule has 0 saturated carbocycles. The number of ketones is 1. The molecule has 1 aromatic heterocycles. The summed E-state index contributed by atoms with van der Waals surface area (Å²) in [6, 6.07) is 4.42. The van der Waals surface area contributed by atoms with E-state index in [1.165, 1.54) is 19.2 Å². The molecule has 2 aromatic rings. The highest BCUT2D eigenvalue weighted by Crippen LogP contribution is 2.18. The molecule has 19 heavy (non-hydrogen) atoms. The minimum atomic E-state index is -0.488. The maximum absolute atomic E-state index is 13.5. The van der Waals surface area contributed by atoms with E-state index in [2.05, 4.69) is 9.97 Å². The molecule has 0 aliphatic heterocycles. The summed E-state index contributed by atoms with van der Waals surface area (Å²) >= 11 is 0. The summed E-state index contributed by atoms with van der Waals surface area (Å²) in [4.78, 5) is 19.8. The Kier molecular flexibility index (Phi) is 3.85. The van der Waals surface area contributed by atoms with Crippen LogP contribution >= 0.6 is 0 Å². The molecule has 0 amide bonds. The second-order valence-electron chi connectivity index (χ2n) is 4.15. The first kappa shape index (κ1) is 13.1. The van der Waals surface area contributed by atoms with Crippen molar-refractivity contribution in [2.24, 2.45) is 0 Å². The summed E-state index contributed by atoms with van der Waals surface area (Å²) in [6.07, 6.45) is 3.22. The predicted molar refractivity (Wildman–Crippen MR) is 67.8 cm³/mol. The van der Waals surface area contributed by atoms with Crippen LogP contribution in [0.1, 0.15) is 21.7 Å². The molecule has 98 valence electrons. The van der Waals surface area contributed by atoms with Gasteiger partial charge in [0.05, 0.1) is 7.11 Å². The van der Waals surface area contributed by atoms with Crippen LogP contribution in [0.4, 0.5) is 4.39 Å². The van der Waals surface area contributed by atoms with Crippen LogP contribution in [0.15, 0.2) is 30.6 Å². The summed E-state index contributed by atoms with van der Waals surface area (Å²) in [6.45, 7) is 1.84. The number of hydrogen-bond donors (Lipinski definition) is 0. The lowest BCUT2D eigenvalue weighted by Crippen LogP contribution is -2.08. The molecular formula is C14H13FN2O2. The van der Waals surface area contributed by atoms with E-state index in [0.29, 0.717) is 5.56 Å². The normalized spacial score (nSPS) is 10.3. The lowest BCUT2D eigenvalue weighted by atomic mass is 10.1. The van der Waals surface area contributed by atoms with E-state index in [1.54, 1.807) is 18.5 Å². The SMILES string of the molecule is COc1ccc(CC(=O)c2ncc(C)cn2)cc1F. The minimum absolute atomic E-state index is 0.0595. The minimum Gasteiger partial charge on any atom is -0.494 e. The van der Waals surface area contributed by atoms with Crippen LogP contribution in [-0.2, 0) is 6.42 Å². The maximum atomic E-state index is 13.5. The molecule has 0 aliphatic carbocycles. The van der Waals surface area contributed by atoms with E-state index in [-0.39, 0.29) is 23.8 Å². The Bertz CT molecular complexity index is 597. The lowest BCUT2D eigenvalue weighted by Gasteiger charge is -2.04. The Morgan fingerprint density at radius 1 is 1.32 bits per heavy atom. The second kappa shape index (κ2) is 5.56. The van der Waals surface area contributed by atoms with Crippen LogP contribution in [0, 0.1) is 12.7 Å². The van der Waals surface area contributed by atoms with Crippen LogP contribution in [0.5, 0.6) is 5.75 Å². The number of nitrogens with zero attached hydrogens (tertiary/aromatic N) is 2. The number of benzene rings is 1. The number of methoxy groups -OCH3 is 1. The van der Waals surface area contributed by atoms with Crippen molar-refractivity contribution in [2.75, 3.05) is 7.11 Å². The third kappa shape index (κ3) is 3.13. The lowest BCUT2D eigenvalue weighted by molar-refractivity contribution is 0.0983. The first-order chi connectivity index (χ1) is 9.10. The smallest absolute Gasteiger partial charge is 0.204 e. The molecule has 1 aromatic carbocycles. The van der Waals surface area contributed by atoms with Crippen LogP contribution in [0.2, 0.25) is 0 Å². The Hall–Kier alpha value is -2.30. The molecule has 0 bridgehead atoms. The van der Waals surface area contributed by atoms with E-state index in [9.17, 15) is 9.18 Å². The predicted octanol–water partition coefficient (Wildman–Crippen LogP) is 2.36. The van der Waals surface area contributed by atoms with Crippen LogP contribution in [0.25, 0.3) is 0 Å². The van der Waals surface area contributed by atoms with Gasteiger partial charge in [-0.1, -0.05) is 6.07 Å². The van der Waals surface area contributed by atoms with Gasteiger partial charge < -0.3 is 4.74 Å². The van der Waals surface area contributed by atoms with Gasteiger partial charge in [0, 0.05) is 18.8 Å². The highest BCUT2D eigenvalue weighted by Gasteiger charge is 2.11. The largest absolute Gasteiger partial charge is 0.494 e. The van der Waals surface area contributed by atoms with Crippen molar-refractivity contribution < 1.29 is 13.9 Å². The molecule has 0 saturated heterocycles. The van der Waals surface area contributed by atoms with Crippen molar-refractivity contribution in [2.45, 2.75) is 13.3 Å². The fraction of sp³-hybridized carbons (Fsp3) is 0.214. The van der Waals surface area contributed by atoms with Gasteiger partial charge in [0.25, 0.3) is 0 Å². The number of carbonyl (C=O) groups excluding carboxylic acids is 1. The molecule has 4 nitrogen and oxygen atoms in total. The molecule has 0 atom stereocenters. The van der Waals surface area contributed by atoms with Gasteiger partial charge in [-0.2, -0.15) is 0 Å². The van der Waals surface area contributed by atoms with E-state index in [4.69, 9.17) is 4.74 Å². The average molecular weight is 260 g/mol. The zero-order chi connectivity index (χ0) is 13.8. The van der Waals surface area contributed by atoms with E-state index in [0.717, 1.165) is 5.56 Å². The van der Waals surface area contributed by atoms with Crippen molar-refractivity contribution in [1.29, 1.82) is 0 Å². The van der Waals surface area contributed by atoms with Crippen LogP contribution < -0.4 is 4.74 Å².